The van der Waals surface area contributed by atoms with E-state index in [9.17, 15) is 0 Å². The van der Waals surface area contributed by atoms with Crippen LogP contribution in [0.4, 0.5) is 5.69 Å². The van der Waals surface area contributed by atoms with Crippen LogP contribution in [0.5, 0.6) is 5.75 Å². The molecule has 16 heavy (non-hydrogen) atoms. The van der Waals surface area contributed by atoms with Gasteiger partial charge in [-0.1, -0.05) is 17.8 Å². The van der Waals surface area contributed by atoms with Gasteiger partial charge in [-0.15, -0.1) is 0 Å². The summed E-state index contributed by atoms with van der Waals surface area (Å²) in [5.74, 6) is 0.833. The molecule has 0 aliphatic heterocycles. The molecule has 4 heteroatoms. The monoisotopic (exact) mass is 232 g/mol. The number of pyridine rings is 1. The minimum absolute atomic E-state index is 0.690. The van der Waals surface area contributed by atoms with Crippen LogP contribution < -0.4 is 10.5 Å². The average Bonchev–Trinajstić information content (AvgIpc) is 2.32. The van der Waals surface area contributed by atoms with E-state index in [-0.39, 0.29) is 0 Å². The number of anilines is 1. The molecule has 0 aliphatic carbocycles. The number of hydrogen-bond donors (Lipinski definition) is 1. The molecule has 0 spiro atoms. The average molecular weight is 232 g/mol. The molecular formula is C12H12N2OS. The van der Waals surface area contributed by atoms with Crippen LogP contribution in [0, 0.1) is 0 Å². The molecule has 1 aromatic heterocycles. The molecule has 1 heterocycles. The molecule has 0 unspecified atom stereocenters. The van der Waals surface area contributed by atoms with Crippen molar-refractivity contribution in [2.75, 3.05) is 12.8 Å². The SMILES string of the molecule is COc1cccc(Sc2ncccc2N)c1. The Morgan fingerprint density at radius 3 is 2.88 bits per heavy atom. The van der Waals surface area contributed by atoms with E-state index in [4.69, 9.17) is 10.5 Å². The van der Waals surface area contributed by atoms with Gasteiger partial charge in [0.1, 0.15) is 10.8 Å². The predicted molar refractivity (Wildman–Crippen MR) is 65.8 cm³/mol. The van der Waals surface area contributed by atoms with Gasteiger partial charge in [-0.25, -0.2) is 4.98 Å². The van der Waals surface area contributed by atoms with Gasteiger partial charge in [0.15, 0.2) is 0 Å². The van der Waals surface area contributed by atoms with E-state index in [1.165, 1.54) is 11.8 Å². The van der Waals surface area contributed by atoms with Crippen LogP contribution in [0.25, 0.3) is 0 Å². The number of benzene rings is 1. The van der Waals surface area contributed by atoms with E-state index >= 15 is 0 Å². The normalized spacial score (nSPS) is 10.1. The molecule has 0 amide bonds. The Labute approximate surface area is 98.6 Å². The van der Waals surface area contributed by atoms with E-state index in [0.717, 1.165) is 15.7 Å². The first-order valence-electron chi connectivity index (χ1n) is 4.82. The first-order chi connectivity index (χ1) is 7.79. The summed E-state index contributed by atoms with van der Waals surface area (Å²) in [5.41, 5.74) is 6.51. The second kappa shape index (κ2) is 4.90. The molecule has 0 saturated carbocycles. The summed E-state index contributed by atoms with van der Waals surface area (Å²) in [6.45, 7) is 0. The van der Waals surface area contributed by atoms with Crippen LogP contribution in [-0.4, -0.2) is 12.1 Å². The number of nitrogens with two attached hydrogens (primary N) is 1. The van der Waals surface area contributed by atoms with Crippen molar-refractivity contribution in [1.29, 1.82) is 0 Å². The van der Waals surface area contributed by atoms with E-state index < -0.39 is 0 Å². The van der Waals surface area contributed by atoms with Crippen LogP contribution in [0.3, 0.4) is 0 Å². The van der Waals surface area contributed by atoms with Crippen molar-refractivity contribution in [2.45, 2.75) is 9.92 Å². The van der Waals surface area contributed by atoms with Gasteiger partial charge < -0.3 is 10.5 Å². The third kappa shape index (κ3) is 2.46. The summed E-state index contributed by atoms with van der Waals surface area (Å²) in [7, 11) is 1.65. The highest BCUT2D eigenvalue weighted by molar-refractivity contribution is 7.99. The third-order valence-electron chi connectivity index (χ3n) is 2.06. The highest BCUT2D eigenvalue weighted by Gasteiger charge is 2.03. The standard InChI is InChI=1S/C12H12N2OS/c1-15-9-4-2-5-10(8-9)16-12-11(13)6-3-7-14-12/h2-8H,13H2,1H3. The molecule has 0 saturated heterocycles. The molecule has 0 atom stereocenters. The molecular weight excluding hydrogens is 220 g/mol. The summed E-state index contributed by atoms with van der Waals surface area (Å²) in [6, 6.07) is 11.5. The van der Waals surface area contributed by atoms with Crippen LogP contribution in [0.2, 0.25) is 0 Å². The lowest BCUT2D eigenvalue weighted by Crippen LogP contribution is -1.90. The number of nitrogens with zero attached hydrogens (tertiary/aromatic N) is 1. The minimum atomic E-state index is 0.690. The smallest absolute Gasteiger partial charge is 0.124 e. The van der Waals surface area contributed by atoms with Gasteiger partial charge in [0.25, 0.3) is 0 Å². The molecule has 3 nitrogen and oxygen atoms in total. The molecule has 2 N–H and O–H groups in total. The number of hydrogen-bond acceptors (Lipinski definition) is 4. The Kier molecular flexibility index (Phi) is 3.31. The summed E-state index contributed by atoms with van der Waals surface area (Å²) in [5, 5.41) is 0.816. The fourth-order valence-corrected chi connectivity index (χ4v) is 2.11. The number of rotatable bonds is 3. The van der Waals surface area contributed by atoms with Crippen molar-refractivity contribution in [3.63, 3.8) is 0 Å². The second-order valence-corrected chi connectivity index (χ2v) is 4.24. The highest BCUT2D eigenvalue weighted by atomic mass is 32.2. The van der Waals surface area contributed by atoms with Crippen molar-refractivity contribution in [2.24, 2.45) is 0 Å². The molecule has 0 radical (unpaired) electrons. The van der Waals surface area contributed by atoms with Gasteiger partial charge in [-0.05, 0) is 30.3 Å². The van der Waals surface area contributed by atoms with Crippen LogP contribution in [0.15, 0.2) is 52.5 Å². The largest absolute Gasteiger partial charge is 0.497 e. The fraction of sp³-hybridized carbons (Fsp3) is 0.0833. The number of methoxy groups -OCH3 is 1. The Bertz CT molecular complexity index is 488. The number of aromatic nitrogens is 1. The molecule has 82 valence electrons. The molecule has 2 rings (SSSR count). The van der Waals surface area contributed by atoms with Crippen LogP contribution in [-0.2, 0) is 0 Å². The lowest BCUT2D eigenvalue weighted by molar-refractivity contribution is 0.413. The number of nitrogen functional groups attached to an aromatic ring is 1. The van der Waals surface area contributed by atoms with Gasteiger partial charge in [0.2, 0.25) is 0 Å². The molecule has 1 aromatic carbocycles. The molecule has 2 aromatic rings. The van der Waals surface area contributed by atoms with Gasteiger partial charge in [0, 0.05) is 11.1 Å². The van der Waals surface area contributed by atoms with Gasteiger partial charge in [0.05, 0.1) is 12.8 Å². The summed E-state index contributed by atoms with van der Waals surface area (Å²) < 4.78 is 5.16. The zero-order valence-corrected chi connectivity index (χ0v) is 9.70. The molecule has 0 aliphatic rings. The van der Waals surface area contributed by atoms with Gasteiger partial charge in [-0.2, -0.15) is 0 Å². The summed E-state index contributed by atoms with van der Waals surface area (Å²) >= 11 is 1.53. The van der Waals surface area contributed by atoms with Gasteiger partial charge >= 0.3 is 0 Å². The van der Waals surface area contributed by atoms with Crippen molar-refractivity contribution >= 4 is 17.4 Å². The van der Waals surface area contributed by atoms with Crippen molar-refractivity contribution in [3.8, 4) is 5.75 Å². The minimum Gasteiger partial charge on any atom is -0.497 e. The topological polar surface area (TPSA) is 48.1 Å². The molecule has 0 bridgehead atoms. The maximum absolute atomic E-state index is 5.82. The zero-order chi connectivity index (χ0) is 11.4. The Hall–Kier alpha value is -1.68. The lowest BCUT2D eigenvalue weighted by Gasteiger charge is -2.05. The predicted octanol–water partition coefficient (Wildman–Crippen LogP) is 2.82. The first-order valence-corrected chi connectivity index (χ1v) is 5.63. The zero-order valence-electron chi connectivity index (χ0n) is 8.88. The van der Waals surface area contributed by atoms with Gasteiger partial charge in [-0.3, -0.25) is 0 Å². The summed E-state index contributed by atoms with van der Waals surface area (Å²) in [4.78, 5) is 5.29. The van der Waals surface area contributed by atoms with E-state index in [0.29, 0.717) is 5.69 Å². The fourth-order valence-electron chi connectivity index (χ4n) is 1.26. The third-order valence-corrected chi connectivity index (χ3v) is 3.08. The molecule has 0 fully saturated rings. The summed E-state index contributed by atoms with van der Waals surface area (Å²) in [6.07, 6.45) is 1.73. The second-order valence-electron chi connectivity index (χ2n) is 3.18. The van der Waals surface area contributed by atoms with E-state index in [1.807, 2.05) is 36.4 Å². The van der Waals surface area contributed by atoms with Crippen molar-refractivity contribution in [3.05, 3.63) is 42.6 Å². The van der Waals surface area contributed by atoms with Crippen LogP contribution in [0.1, 0.15) is 0 Å². The van der Waals surface area contributed by atoms with Crippen molar-refractivity contribution < 1.29 is 4.74 Å². The van der Waals surface area contributed by atoms with E-state index in [1.54, 1.807) is 13.3 Å². The highest BCUT2D eigenvalue weighted by Crippen LogP contribution is 2.31. The first kappa shape index (κ1) is 10.8. The Morgan fingerprint density at radius 1 is 1.25 bits per heavy atom. The maximum atomic E-state index is 5.82. The Morgan fingerprint density at radius 2 is 2.12 bits per heavy atom. The number of ether oxygens (including phenoxy) is 1. The van der Waals surface area contributed by atoms with Crippen molar-refractivity contribution in [1.82, 2.24) is 4.98 Å². The quantitative estimate of drug-likeness (QED) is 0.884. The lowest BCUT2D eigenvalue weighted by atomic mass is 10.3. The Balaban J connectivity index is 2.24. The van der Waals surface area contributed by atoms with Crippen LogP contribution >= 0.6 is 11.8 Å². The van der Waals surface area contributed by atoms with E-state index in [2.05, 4.69) is 4.98 Å². The maximum Gasteiger partial charge on any atom is 0.124 e.